The average Bonchev–Trinajstić information content (AvgIpc) is 2.80. The summed E-state index contributed by atoms with van der Waals surface area (Å²) in [6.07, 6.45) is 1.38. The number of nitrogens with zero attached hydrogens (tertiary/aromatic N) is 2. The van der Waals surface area contributed by atoms with Gasteiger partial charge in [0.05, 0.1) is 0 Å². The monoisotopic (exact) mass is 345 g/mol. The van der Waals surface area contributed by atoms with Crippen molar-refractivity contribution in [3.05, 3.63) is 35.9 Å². The second-order valence-corrected chi connectivity index (χ2v) is 7.35. The van der Waals surface area contributed by atoms with Gasteiger partial charge in [-0.05, 0) is 32.8 Å². The predicted octanol–water partition coefficient (Wildman–Crippen LogP) is 2.53. The summed E-state index contributed by atoms with van der Waals surface area (Å²) in [5.41, 5.74) is 0.585. The molecule has 1 N–H and O–H groups in total. The molecule has 0 saturated carbocycles. The minimum absolute atomic E-state index is 0.227. The number of hydrogen-bond donors (Lipinski definition) is 1. The van der Waals surface area contributed by atoms with E-state index in [0.717, 1.165) is 16.9 Å². The number of carbonyl (C=O) groups excluding carboxylic acids is 3. The van der Waals surface area contributed by atoms with Gasteiger partial charge < -0.3 is 10.2 Å². The van der Waals surface area contributed by atoms with Gasteiger partial charge in [0.25, 0.3) is 5.91 Å². The van der Waals surface area contributed by atoms with Crippen molar-refractivity contribution in [2.24, 2.45) is 0 Å². The Morgan fingerprint density at radius 3 is 2.40 bits per heavy atom. The van der Waals surface area contributed by atoms with E-state index >= 15 is 0 Å². The molecule has 0 unspecified atom stereocenters. The maximum atomic E-state index is 12.9. The van der Waals surface area contributed by atoms with Crippen LogP contribution < -0.4 is 5.32 Å². The number of nitrogens with one attached hydrogen (secondary N) is 1. The van der Waals surface area contributed by atoms with Gasteiger partial charge in [-0.25, -0.2) is 4.79 Å². The molecular formula is C19H27N3O3. The number of rotatable bonds is 6. The number of hydrogen-bond acceptors (Lipinski definition) is 3. The number of urea groups is 1. The van der Waals surface area contributed by atoms with Crippen LogP contribution in [-0.2, 0) is 16.1 Å². The third kappa shape index (κ3) is 4.59. The van der Waals surface area contributed by atoms with Crippen molar-refractivity contribution in [2.75, 3.05) is 6.54 Å². The molecule has 1 aromatic carbocycles. The fourth-order valence-electron chi connectivity index (χ4n) is 2.90. The van der Waals surface area contributed by atoms with E-state index in [1.165, 1.54) is 0 Å². The van der Waals surface area contributed by atoms with Crippen LogP contribution in [0.2, 0.25) is 0 Å². The summed E-state index contributed by atoms with van der Waals surface area (Å²) in [7, 11) is 0. The van der Waals surface area contributed by atoms with Crippen LogP contribution in [-0.4, -0.2) is 45.8 Å². The molecule has 1 saturated heterocycles. The predicted molar refractivity (Wildman–Crippen MR) is 95.7 cm³/mol. The van der Waals surface area contributed by atoms with Gasteiger partial charge in [-0.3, -0.25) is 14.5 Å². The van der Waals surface area contributed by atoms with E-state index in [1.54, 1.807) is 4.90 Å². The van der Waals surface area contributed by atoms with Crippen molar-refractivity contribution < 1.29 is 14.4 Å². The third-order valence-corrected chi connectivity index (χ3v) is 4.27. The molecule has 0 aliphatic carbocycles. The molecule has 25 heavy (non-hydrogen) atoms. The van der Waals surface area contributed by atoms with E-state index in [9.17, 15) is 14.4 Å². The quantitative estimate of drug-likeness (QED) is 0.806. The maximum absolute atomic E-state index is 12.9. The molecule has 2 rings (SSSR count). The summed E-state index contributed by atoms with van der Waals surface area (Å²) in [6.45, 7) is 7.99. The molecule has 1 heterocycles. The fraction of sp³-hybridized carbons (Fsp3) is 0.526. The van der Waals surface area contributed by atoms with Gasteiger partial charge in [0, 0.05) is 12.1 Å². The standard InChI is InChI=1S/C19H27N3O3/c1-5-9-15-17(24)21(18(25)20-15)13-16(23)22(19(2,3)4)12-14-10-7-6-8-11-14/h6-8,10-11,15H,5,9,12-13H2,1-4H3,(H,20,25)/t15-/m0/s1. The average molecular weight is 345 g/mol. The van der Waals surface area contributed by atoms with Crippen LogP contribution in [0.15, 0.2) is 30.3 Å². The lowest BCUT2D eigenvalue weighted by Crippen LogP contribution is -2.50. The molecule has 1 aromatic rings. The molecule has 136 valence electrons. The Balaban J connectivity index is 2.12. The number of amides is 4. The molecule has 4 amide bonds. The van der Waals surface area contributed by atoms with E-state index in [-0.39, 0.29) is 18.4 Å². The first kappa shape index (κ1) is 19.0. The highest BCUT2D eigenvalue weighted by Crippen LogP contribution is 2.19. The van der Waals surface area contributed by atoms with Crippen LogP contribution in [0.4, 0.5) is 4.79 Å². The van der Waals surface area contributed by atoms with Crippen LogP contribution in [0.5, 0.6) is 0 Å². The normalized spacial score (nSPS) is 17.6. The highest BCUT2D eigenvalue weighted by Gasteiger charge is 2.40. The molecule has 1 aliphatic heterocycles. The summed E-state index contributed by atoms with van der Waals surface area (Å²) in [6, 6.07) is 8.69. The lowest BCUT2D eigenvalue weighted by molar-refractivity contribution is -0.141. The van der Waals surface area contributed by atoms with Crippen LogP contribution in [0.1, 0.15) is 46.1 Å². The number of carbonyl (C=O) groups is 3. The van der Waals surface area contributed by atoms with Crippen LogP contribution in [0.25, 0.3) is 0 Å². The molecule has 0 aromatic heterocycles. The molecule has 0 bridgehead atoms. The van der Waals surface area contributed by atoms with E-state index in [0.29, 0.717) is 13.0 Å². The molecule has 6 nitrogen and oxygen atoms in total. The number of imide groups is 1. The van der Waals surface area contributed by atoms with Gasteiger partial charge in [-0.1, -0.05) is 43.7 Å². The summed E-state index contributed by atoms with van der Waals surface area (Å²) < 4.78 is 0. The molecule has 1 atom stereocenters. The minimum atomic E-state index is -0.512. The highest BCUT2D eigenvalue weighted by atomic mass is 16.2. The Labute approximate surface area is 149 Å². The van der Waals surface area contributed by atoms with E-state index in [2.05, 4.69) is 5.32 Å². The largest absolute Gasteiger partial charge is 0.332 e. The first-order valence-corrected chi connectivity index (χ1v) is 8.70. The second kappa shape index (κ2) is 7.68. The summed E-state index contributed by atoms with van der Waals surface area (Å²) in [4.78, 5) is 40.0. The minimum Gasteiger partial charge on any atom is -0.332 e. The Bertz CT molecular complexity index is 637. The van der Waals surface area contributed by atoms with Gasteiger partial charge in [-0.15, -0.1) is 0 Å². The van der Waals surface area contributed by atoms with E-state index in [1.807, 2.05) is 58.0 Å². The Morgan fingerprint density at radius 2 is 1.84 bits per heavy atom. The zero-order chi connectivity index (χ0) is 18.6. The van der Waals surface area contributed by atoms with Gasteiger partial charge >= 0.3 is 6.03 Å². The van der Waals surface area contributed by atoms with Gasteiger partial charge in [-0.2, -0.15) is 0 Å². The first-order chi connectivity index (χ1) is 11.7. The summed E-state index contributed by atoms with van der Waals surface area (Å²) in [5.74, 6) is -0.550. The third-order valence-electron chi connectivity index (χ3n) is 4.27. The smallest absolute Gasteiger partial charge is 0.325 e. The van der Waals surface area contributed by atoms with Crippen LogP contribution in [0.3, 0.4) is 0 Å². The summed E-state index contributed by atoms with van der Waals surface area (Å²) in [5, 5.41) is 2.65. The lowest BCUT2D eigenvalue weighted by atomic mass is 10.0. The first-order valence-electron chi connectivity index (χ1n) is 8.70. The van der Waals surface area contributed by atoms with Crippen LogP contribution >= 0.6 is 0 Å². The van der Waals surface area contributed by atoms with Gasteiger partial charge in [0.1, 0.15) is 12.6 Å². The van der Waals surface area contributed by atoms with Gasteiger partial charge in [0.2, 0.25) is 5.91 Å². The van der Waals surface area contributed by atoms with Crippen molar-refractivity contribution in [1.29, 1.82) is 0 Å². The Hall–Kier alpha value is -2.37. The topological polar surface area (TPSA) is 69.7 Å². The van der Waals surface area contributed by atoms with Crippen molar-refractivity contribution >= 4 is 17.8 Å². The zero-order valence-electron chi connectivity index (χ0n) is 15.4. The maximum Gasteiger partial charge on any atom is 0.325 e. The molecule has 0 radical (unpaired) electrons. The molecule has 0 spiro atoms. The Kier molecular flexibility index (Phi) is 5.82. The second-order valence-electron chi connectivity index (χ2n) is 7.35. The van der Waals surface area contributed by atoms with Crippen molar-refractivity contribution in [1.82, 2.24) is 15.1 Å². The van der Waals surface area contributed by atoms with Crippen molar-refractivity contribution in [3.8, 4) is 0 Å². The van der Waals surface area contributed by atoms with Gasteiger partial charge in [0.15, 0.2) is 0 Å². The van der Waals surface area contributed by atoms with E-state index in [4.69, 9.17) is 0 Å². The number of benzene rings is 1. The fourth-order valence-corrected chi connectivity index (χ4v) is 2.90. The lowest BCUT2D eigenvalue weighted by Gasteiger charge is -2.36. The molecule has 1 aliphatic rings. The van der Waals surface area contributed by atoms with Crippen molar-refractivity contribution in [3.63, 3.8) is 0 Å². The molecular weight excluding hydrogens is 318 g/mol. The SMILES string of the molecule is CCC[C@@H]1NC(=O)N(CC(=O)N(Cc2ccccc2)C(C)(C)C)C1=O. The zero-order valence-corrected chi connectivity index (χ0v) is 15.4. The molecule has 1 fully saturated rings. The van der Waals surface area contributed by atoms with E-state index < -0.39 is 17.6 Å². The molecule has 6 heteroatoms. The van der Waals surface area contributed by atoms with Crippen LogP contribution in [0, 0.1) is 0 Å². The Morgan fingerprint density at radius 1 is 1.20 bits per heavy atom. The van der Waals surface area contributed by atoms with Crippen molar-refractivity contribution in [2.45, 2.75) is 58.7 Å². The summed E-state index contributed by atoms with van der Waals surface area (Å²) >= 11 is 0. The highest BCUT2D eigenvalue weighted by molar-refractivity contribution is 6.06.